The molecule has 0 unspecified atom stereocenters. The van der Waals surface area contributed by atoms with Crippen molar-refractivity contribution in [1.82, 2.24) is 15.1 Å². The number of ether oxygens (including phenoxy) is 1. The summed E-state index contributed by atoms with van der Waals surface area (Å²) in [5.41, 5.74) is 3.28. The van der Waals surface area contributed by atoms with Gasteiger partial charge in [0.2, 0.25) is 0 Å². The van der Waals surface area contributed by atoms with E-state index in [0.717, 1.165) is 36.1 Å². The van der Waals surface area contributed by atoms with Gasteiger partial charge in [-0.25, -0.2) is 8.78 Å². The van der Waals surface area contributed by atoms with E-state index in [1.807, 2.05) is 38.1 Å². The second kappa shape index (κ2) is 8.81. The molecule has 1 saturated heterocycles. The number of H-pyrrole nitrogens is 1. The number of aromatic nitrogens is 2. The number of aromatic amines is 1. The molecule has 178 valence electrons. The highest BCUT2D eigenvalue weighted by molar-refractivity contribution is 6.08. The normalized spacial score (nSPS) is 17.6. The molecule has 1 aromatic heterocycles. The fraction of sp³-hybridized carbons (Fsp3) is 0.360. The zero-order valence-corrected chi connectivity index (χ0v) is 19.2. The first kappa shape index (κ1) is 22.5. The molecular weight excluding hydrogens is 440 g/mol. The molecule has 3 aromatic rings. The van der Waals surface area contributed by atoms with Crippen LogP contribution in [0.15, 0.2) is 42.5 Å². The van der Waals surface area contributed by atoms with Crippen LogP contribution in [0.1, 0.15) is 41.0 Å². The summed E-state index contributed by atoms with van der Waals surface area (Å²) in [6.45, 7) is 7.59. The summed E-state index contributed by atoms with van der Waals surface area (Å²) in [5.74, 6) is -0.962. The van der Waals surface area contributed by atoms with E-state index in [2.05, 4.69) is 25.3 Å². The van der Waals surface area contributed by atoms with Gasteiger partial charge in [0.1, 0.15) is 11.6 Å². The Morgan fingerprint density at radius 3 is 2.59 bits per heavy atom. The van der Waals surface area contributed by atoms with E-state index in [1.165, 1.54) is 12.1 Å². The number of nitrogens with zero attached hydrogens (tertiary/aromatic N) is 3. The Hall–Kier alpha value is -3.30. The van der Waals surface area contributed by atoms with Crippen LogP contribution in [0.4, 0.5) is 20.3 Å². The highest BCUT2D eigenvalue weighted by Gasteiger charge is 2.41. The van der Waals surface area contributed by atoms with E-state index >= 15 is 0 Å². The number of anilines is 2. The maximum Gasteiger partial charge on any atom is 0.258 e. The van der Waals surface area contributed by atoms with Gasteiger partial charge in [0.25, 0.3) is 5.91 Å². The van der Waals surface area contributed by atoms with Crippen molar-refractivity contribution in [3.8, 4) is 0 Å². The predicted molar refractivity (Wildman–Crippen MR) is 125 cm³/mol. The highest BCUT2D eigenvalue weighted by atomic mass is 19.1. The van der Waals surface area contributed by atoms with Gasteiger partial charge in [0, 0.05) is 43.5 Å². The number of carbonyl (C=O) groups is 1. The van der Waals surface area contributed by atoms with Gasteiger partial charge in [-0.05, 0) is 43.7 Å². The lowest BCUT2D eigenvalue weighted by atomic mass is 10.00. The predicted octanol–water partition coefficient (Wildman–Crippen LogP) is 4.03. The van der Waals surface area contributed by atoms with Crippen molar-refractivity contribution >= 4 is 17.4 Å². The van der Waals surface area contributed by atoms with Gasteiger partial charge in [0.05, 0.1) is 30.0 Å². The standard InChI is InChI=1S/C25H27F2N5O2/c1-25(2)22-20(15-32(25)14-16-11-17(26)13-18(27)12-16)23(30-29-22)28-24(33)19-5-3-4-6-21(19)31-7-9-34-10-8-31/h3-6,11-13H,7-10,14-15H2,1-2H3,(H2,28,29,30,33). The van der Waals surface area contributed by atoms with Crippen LogP contribution in [-0.2, 0) is 23.4 Å². The molecule has 0 saturated carbocycles. The Morgan fingerprint density at radius 1 is 1.15 bits per heavy atom. The first-order valence-corrected chi connectivity index (χ1v) is 11.3. The largest absolute Gasteiger partial charge is 0.378 e. The van der Waals surface area contributed by atoms with Gasteiger partial charge in [0.15, 0.2) is 5.82 Å². The lowest BCUT2D eigenvalue weighted by Gasteiger charge is -2.31. The number of hydrogen-bond donors (Lipinski definition) is 2. The molecule has 34 heavy (non-hydrogen) atoms. The van der Waals surface area contributed by atoms with Crippen LogP contribution in [0.3, 0.4) is 0 Å². The SMILES string of the molecule is CC1(C)c2[nH]nc(NC(=O)c3ccccc3N3CCOCC3)c2CN1Cc1cc(F)cc(F)c1. The fourth-order valence-electron chi connectivity index (χ4n) is 4.77. The van der Waals surface area contributed by atoms with Gasteiger partial charge in [-0.15, -0.1) is 0 Å². The van der Waals surface area contributed by atoms with Crippen LogP contribution in [0.25, 0.3) is 0 Å². The van der Waals surface area contributed by atoms with Gasteiger partial charge in [-0.1, -0.05) is 12.1 Å². The van der Waals surface area contributed by atoms with Gasteiger partial charge in [-0.2, -0.15) is 5.10 Å². The van der Waals surface area contributed by atoms with Crippen molar-refractivity contribution in [2.24, 2.45) is 0 Å². The lowest BCUT2D eigenvalue weighted by molar-refractivity contribution is 0.102. The Kier molecular flexibility index (Phi) is 5.83. The molecule has 1 amide bonds. The van der Waals surface area contributed by atoms with Crippen molar-refractivity contribution in [3.05, 3.63) is 76.5 Å². The van der Waals surface area contributed by atoms with Gasteiger partial charge in [-0.3, -0.25) is 14.8 Å². The molecule has 0 radical (unpaired) electrons. The molecule has 9 heteroatoms. The molecule has 2 aromatic carbocycles. The first-order valence-electron chi connectivity index (χ1n) is 11.3. The molecule has 5 rings (SSSR count). The third kappa shape index (κ3) is 4.17. The van der Waals surface area contributed by atoms with Crippen molar-refractivity contribution in [1.29, 1.82) is 0 Å². The molecular formula is C25H27F2N5O2. The number of fused-ring (bicyclic) bond motifs is 1. The molecule has 0 atom stereocenters. The van der Waals surface area contributed by atoms with Crippen molar-refractivity contribution in [2.45, 2.75) is 32.5 Å². The second-order valence-corrected chi connectivity index (χ2v) is 9.19. The number of halogens is 2. The molecule has 7 nitrogen and oxygen atoms in total. The number of benzene rings is 2. The Bertz CT molecular complexity index is 1200. The Morgan fingerprint density at radius 2 is 1.85 bits per heavy atom. The van der Waals surface area contributed by atoms with E-state index in [9.17, 15) is 13.6 Å². The van der Waals surface area contributed by atoms with Crippen LogP contribution in [0, 0.1) is 11.6 Å². The summed E-state index contributed by atoms with van der Waals surface area (Å²) in [7, 11) is 0. The van der Waals surface area contributed by atoms with E-state index in [-0.39, 0.29) is 5.91 Å². The molecule has 0 aliphatic carbocycles. The van der Waals surface area contributed by atoms with Crippen LogP contribution >= 0.6 is 0 Å². The minimum absolute atomic E-state index is 0.236. The summed E-state index contributed by atoms with van der Waals surface area (Å²) in [6.07, 6.45) is 0. The molecule has 0 bridgehead atoms. The van der Waals surface area contributed by atoms with Crippen LogP contribution in [-0.4, -0.2) is 47.3 Å². The van der Waals surface area contributed by atoms with E-state index in [1.54, 1.807) is 0 Å². The van der Waals surface area contributed by atoms with Gasteiger partial charge < -0.3 is 15.0 Å². The minimum atomic E-state index is -0.598. The highest BCUT2D eigenvalue weighted by Crippen LogP contribution is 2.41. The maximum atomic E-state index is 13.7. The number of amides is 1. The van der Waals surface area contributed by atoms with Crippen LogP contribution in [0.2, 0.25) is 0 Å². The number of carbonyl (C=O) groups excluding carboxylic acids is 1. The summed E-state index contributed by atoms with van der Waals surface area (Å²) in [5, 5.41) is 10.4. The summed E-state index contributed by atoms with van der Waals surface area (Å²) < 4.78 is 32.8. The average molecular weight is 468 g/mol. The second-order valence-electron chi connectivity index (χ2n) is 9.19. The van der Waals surface area contributed by atoms with Crippen LogP contribution in [0.5, 0.6) is 0 Å². The maximum absolute atomic E-state index is 13.7. The smallest absolute Gasteiger partial charge is 0.258 e. The fourth-order valence-corrected chi connectivity index (χ4v) is 4.77. The quantitative estimate of drug-likeness (QED) is 0.593. The number of hydrogen-bond acceptors (Lipinski definition) is 5. The number of rotatable bonds is 5. The zero-order chi connectivity index (χ0) is 23.9. The van der Waals surface area contributed by atoms with E-state index in [4.69, 9.17) is 4.74 Å². The zero-order valence-electron chi connectivity index (χ0n) is 19.2. The molecule has 1 fully saturated rings. The number of nitrogens with one attached hydrogen (secondary N) is 2. The topological polar surface area (TPSA) is 73.5 Å². The third-order valence-electron chi connectivity index (χ3n) is 6.65. The third-order valence-corrected chi connectivity index (χ3v) is 6.65. The summed E-state index contributed by atoms with van der Waals surface area (Å²) >= 11 is 0. The van der Waals surface area contributed by atoms with Gasteiger partial charge >= 0.3 is 0 Å². The molecule has 2 aliphatic rings. The summed E-state index contributed by atoms with van der Waals surface area (Å²) in [4.78, 5) is 17.5. The van der Waals surface area contributed by atoms with Crippen LogP contribution < -0.4 is 10.2 Å². The summed E-state index contributed by atoms with van der Waals surface area (Å²) in [6, 6.07) is 11.1. The number of morpholine rings is 1. The van der Waals surface area contributed by atoms with Crippen molar-refractivity contribution in [3.63, 3.8) is 0 Å². The van der Waals surface area contributed by atoms with Crippen molar-refractivity contribution < 1.29 is 18.3 Å². The Balaban J connectivity index is 1.37. The lowest BCUT2D eigenvalue weighted by Crippen LogP contribution is -2.37. The monoisotopic (exact) mass is 467 g/mol. The Labute approximate surface area is 196 Å². The van der Waals surface area contributed by atoms with E-state index < -0.39 is 17.2 Å². The van der Waals surface area contributed by atoms with Crippen molar-refractivity contribution in [2.75, 3.05) is 36.5 Å². The number of para-hydroxylation sites is 1. The molecule has 3 heterocycles. The molecule has 2 N–H and O–H groups in total. The minimum Gasteiger partial charge on any atom is -0.378 e. The molecule has 0 spiro atoms. The molecule has 2 aliphatic heterocycles. The van der Waals surface area contributed by atoms with E-state index in [0.29, 0.717) is 43.2 Å². The first-order chi connectivity index (χ1) is 16.3. The average Bonchev–Trinajstić information content (AvgIpc) is 3.31.